The van der Waals surface area contributed by atoms with E-state index in [1.54, 1.807) is 0 Å². The van der Waals surface area contributed by atoms with E-state index in [9.17, 15) is 23.3 Å². The van der Waals surface area contributed by atoms with Gasteiger partial charge in [0.1, 0.15) is 5.69 Å². The molecule has 0 aliphatic carbocycles. The molecule has 0 saturated carbocycles. The first-order valence-electron chi connectivity index (χ1n) is 10.1. The second-order valence-electron chi connectivity index (χ2n) is 7.71. The van der Waals surface area contributed by atoms with Gasteiger partial charge in [-0.1, -0.05) is 0 Å². The number of rotatable bonds is 7. The summed E-state index contributed by atoms with van der Waals surface area (Å²) in [6, 6.07) is 3.74. The van der Waals surface area contributed by atoms with Crippen LogP contribution in [0.1, 0.15) is 32.6 Å². The highest BCUT2D eigenvalue weighted by Gasteiger charge is 2.34. The van der Waals surface area contributed by atoms with Gasteiger partial charge in [-0.25, -0.2) is 8.42 Å². The maximum atomic E-state index is 13.0. The van der Waals surface area contributed by atoms with E-state index in [2.05, 4.69) is 10.6 Å². The van der Waals surface area contributed by atoms with Crippen molar-refractivity contribution in [3.05, 3.63) is 28.3 Å². The molecule has 2 N–H and O–H groups in total. The molecule has 30 heavy (non-hydrogen) atoms. The number of sulfonamides is 1. The number of hydrogen-bond acceptors (Lipinski definition) is 7. The van der Waals surface area contributed by atoms with Crippen molar-refractivity contribution in [1.29, 1.82) is 0 Å². The van der Waals surface area contributed by atoms with Crippen molar-refractivity contribution in [3.8, 4) is 0 Å². The van der Waals surface area contributed by atoms with E-state index in [1.165, 1.54) is 23.5 Å². The molecule has 0 bridgehead atoms. The van der Waals surface area contributed by atoms with Crippen LogP contribution in [0.25, 0.3) is 0 Å². The Morgan fingerprint density at radius 2 is 2.00 bits per heavy atom. The van der Waals surface area contributed by atoms with Crippen LogP contribution in [0, 0.1) is 16.0 Å². The van der Waals surface area contributed by atoms with Crippen LogP contribution < -0.4 is 10.6 Å². The van der Waals surface area contributed by atoms with Crippen LogP contribution in [-0.2, 0) is 19.6 Å². The summed E-state index contributed by atoms with van der Waals surface area (Å²) in [6.07, 6.45) is 2.76. The minimum absolute atomic E-state index is 0.0331. The summed E-state index contributed by atoms with van der Waals surface area (Å²) in [5.74, 6) is -0.342. The van der Waals surface area contributed by atoms with Crippen molar-refractivity contribution < 1.29 is 22.9 Å². The first-order chi connectivity index (χ1) is 14.2. The van der Waals surface area contributed by atoms with Crippen molar-refractivity contribution in [2.24, 2.45) is 5.92 Å². The van der Waals surface area contributed by atoms with Crippen LogP contribution in [-0.4, -0.2) is 62.4 Å². The average molecular weight is 441 g/mol. The van der Waals surface area contributed by atoms with E-state index in [4.69, 9.17) is 4.74 Å². The highest BCUT2D eigenvalue weighted by molar-refractivity contribution is 7.89. The number of carbonyl (C=O) groups is 1. The Kier molecular flexibility index (Phi) is 6.94. The number of carbonyl (C=O) groups excluding carboxylic acids is 1. The van der Waals surface area contributed by atoms with Crippen molar-refractivity contribution in [1.82, 2.24) is 9.62 Å². The smallest absolute Gasteiger partial charge is 0.293 e. The van der Waals surface area contributed by atoms with E-state index in [0.717, 1.165) is 18.9 Å². The van der Waals surface area contributed by atoms with Gasteiger partial charge < -0.3 is 15.4 Å². The van der Waals surface area contributed by atoms with Gasteiger partial charge >= 0.3 is 0 Å². The van der Waals surface area contributed by atoms with Crippen LogP contribution in [0.3, 0.4) is 0 Å². The first kappa shape index (κ1) is 22.4. The molecule has 1 amide bonds. The lowest BCUT2D eigenvalue weighted by atomic mass is 9.96. The number of nitrogens with zero attached hydrogens (tertiary/aromatic N) is 2. The molecule has 0 spiro atoms. The van der Waals surface area contributed by atoms with Gasteiger partial charge in [0.2, 0.25) is 15.9 Å². The average Bonchev–Trinajstić information content (AvgIpc) is 3.28. The quantitative estimate of drug-likeness (QED) is 0.487. The van der Waals surface area contributed by atoms with Gasteiger partial charge in [0.15, 0.2) is 0 Å². The van der Waals surface area contributed by atoms with Crippen molar-refractivity contribution in [2.75, 3.05) is 32.1 Å². The Morgan fingerprint density at radius 1 is 1.30 bits per heavy atom. The van der Waals surface area contributed by atoms with Gasteiger partial charge in [0.05, 0.1) is 22.0 Å². The highest BCUT2D eigenvalue weighted by Crippen LogP contribution is 2.30. The van der Waals surface area contributed by atoms with Gasteiger partial charge in [-0.2, -0.15) is 4.31 Å². The number of hydrogen-bond donors (Lipinski definition) is 2. The van der Waals surface area contributed by atoms with Crippen LogP contribution in [0.5, 0.6) is 0 Å². The number of amides is 1. The molecule has 2 atom stereocenters. The van der Waals surface area contributed by atoms with Crippen molar-refractivity contribution >= 4 is 27.3 Å². The Bertz CT molecular complexity index is 892. The number of nitro benzene ring substituents is 1. The number of ether oxygens (including phenoxy) is 1. The molecule has 3 rings (SSSR count). The molecule has 11 heteroatoms. The normalized spacial score (nSPS) is 21.9. The lowest BCUT2D eigenvalue weighted by molar-refractivity contribution is -0.384. The van der Waals surface area contributed by atoms with Gasteiger partial charge in [0, 0.05) is 38.7 Å². The Morgan fingerprint density at radius 3 is 2.57 bits per heavy atom. The van der Waals surface area contributed by atoms with Crippen LogP contribution in [0.2, 0.25) is 0 Å². The van der Waals surface area contributed by atoms with E-state index in [1.807, 2.05) is 6.92 Å². The zero-order valence-corrected chi connectivity index (χ0v) is 18.0. The number of anilines is 1. The molecule has 2 unspecified atom stereocenters. The summed E-state index contributed by atoms with van der Waals surface area (Å²) in [6.45, 7) is 3.02. The SMILES string of the molecule is CNc1ccc(S(=O)(=O)N2CCC(C(=O)NC(C)C3CCCO3)CC2)cc1[N+](=O)[O-]. The predicted molar refractivity (Wildman–Crippen MR) is 111 cm³/mol. The summed E-state index contributed by atoms with van der Waals surface area (Å²) < 4.78 is 32.8. The fraction of sp³-hybridized carbons (Fsp3) is 0.632. The summed E-state index contributed by atoms with van der Waals surface area (Å²) in [5, 5.41) is 16.9. The van der Waals surface area contributed by atoms with Crippen LogP contribution in [0.15, 0.2) is 23.1 Å². The molecule has 0 aromatic heterocycles. The predicted octanol–water partition coefficient (Wildman–Crippen LogP) is 1.72. The third-order valence-corrected chi connectivity index (χ3v) is 7.68. The summed E-state index contributed by atoms with van der Waals surface area (Å²) >= 11 is 0. The van der Waals surface area contributed by atoms with Crippen molar-refractivity contribution in [3.63, 3.8) is 0 Å². The minimum Gasteiger partial charge on any atom is -0.383 e. The number of benzene rings is 1. The maximum Gasteiger partial charge on any atom is 0.293 e. The molecule has 2 aliphatic rings. The van der Waals surface area contributed by atoms with Gasteiger partial charge in [-0.05, 0) is 44.7 Å². The Labute approximate surface area is 176 Å². The molecule has 2 heterocycles. The van der Waals surface area contributed by atoms with Gasteiger partial charge in [0.25, 0.3) is 5.69 Å². The van der Waals surface area contributed by atoms with Crippen LogP contribution in [0.4, 0.5) is 11.4 Å². The molecule has 0 radical (unpaired) electrons. The van der Waals surface area contributed by atoms with Gasteiger partial charge in [-0.15, -0.1) is 0 Å². The largest absolute Gasteiger partial charge is 0.383 e. The maximum absolute atomic E-state index is 13.0. The second-order valence-corrected chi connectivity index (χ2v) is 9.65. The van der Waals surface area contributed by atoms with Crippen molar-refractivity contribution in [2.45, 2.75) is 49.6 Å². The summed E-state index contributed by atoms with van der Waals surface area (Å²) in [4.78, 5) is 23.1. The van der Waals surface area contributed by atoms with E-state index in [-0.39, 0.29) is 53.3 Å². The van der Waals surface area contributed by atoms with E-state index < -0.39 is 14.9 Å². The molecule has 166 valence electrons. The van der Waals surface area contributed by atoms with Crippen LogP contribution >= 0.6 is 0 Å². The van der Waals surface area contributed by atoms with E-state index >= 15 is 0 Å². The minimum atomic E-state index is -3.88. The standard InChI is InChI=1S/C19H28N4O6S/c1-13(18-4-3-11-29-18)21-19(24)14-7-9-22(10-8-14)30(27,28)15-5-6-16(20-2)17(12-15)23(25)26/h5-6,12-14,18,20H,3-4,7-11H2,1-2H3,(H,21,24). The number of piperidine rings is 1. The third kappa shape index (κ3) is 4.73. The molecule has 1 aromatic carbocycles. The van der Waals surface area contributed by atoms with E-state index in [0.29, 0.717) is 19.4 Å². The fourth-order valence-corrected chi connectivity index (χ4v) is 5.46. The highest BCUT2D eigenvalue weighted by atomic mass is 32.2. The fourth-order valence-electron chi connectivity index (χ4n) is 3.97. The topological polar surface area (TPSA) is 131 Å². The molecule has 2 saturated heterocycles. The summed E-state index contributed by atoms with van der Waals surface area (Å²) in [5.41, 5.74) is -0.0503. The number of nitrogens with one attached hydrogen (secondary N) is 2. The Balaban J connectivity index is 1.63. The molecule has 1 aromatic rings. The molecular formula is C19H28N4O6S. The second kappa shape index (κ2) is 9.27. The zero-order chi connectivity index (χ0) is 21.9. The number of nitro groups is 1. The molecular weight excluding hydrogens is 412 g/mol. The first-order valence-corrected chi connectivity index (χ1v) is 11.6. The lowest BCUT2D eigenvalue weighted by Crippen LogP contribution is -2.47. The monoisotopic (exact) mass is 440 g/mol. The lowest BCUT2D eigenvalue weighted by Gasteiger charge is -2.31. The molecule has 10 nitrogen and oxygen atoms in total. The molecule has 2 fully saturated rings. The third-order valence-electron chi connectivity index (χ3n) is 5.79. The summed E-state index contributed by atoms with van der Waals surface area (Å²) in [7, 11) is -2.35. The molecule has 2 aliphatic heterocycles. The zero-order valence-electron chi connectivity index (χ0n) is 17.2. The van der Waals surface area contributed by atoms with Gasteiger partial charge in [-0.3, -0.25) is 14.9 Å². The Hall–Kier alpha value is -2.24.